The van der Waals surface area contributed by atoms with E-state index in [0.29, 0.717) is 11.2 Å². The number of carbonyl (C=O) groups excluding carboxylic acids is 1. The third-order valence-corrected chi connectivity index (χ3v) is 2.73. The minimum atomic E-state index is 0.0788. The Bertz CT molecular complexity index is 515. The van der Waals surface area contributed by atoms with Crippen LogP contribution in [0.25, 0.3) is 11.0 Å². The molecule has 15 heavy (non-hydrogen) atoms. The van der Waals surface area contributed by atoms with Crippen LogP contribution in [0.1, 0.15) is 16.8 Å². The number of nitrogens with one attached hydrogen (secondary N) is 1. The van der Waals surface area contributed by atoms with Crippen LogP contribution >= 0.6 is 0 Å². The second-order valence-corrected chi connectivity index (χ2v) is 3.64. The molecule has 2 aromatic rings. The molecule has 1 N–H and O–H groups in total. The molecular formula is C10H10N4O. The summed E-state index contributed by atoms with van der Waals surface area (Å²) in [5.41, 5.74) is 1.36. The Kier molecular flexibility index (Phi) is 1.71. The smallest absolute Gasteiger partial charge is 0.254 e. The summed E-state index contributed by atoms with van der Waals surface area (Å²) >= 11 is 0. The number of hydrogen-bond donors (Lipinski definition) is 1. The lowest BCUT2D eigenvalue weighted by atomic mass is 10.1. The van der Waals surface area contributed by atoms with E-state index in [9.17, 15) is 4.79 Å². The molecule has 0 atom stereocenters. The minimum absolute atomic E-state index is 0.0788. The predicted octanol–water partition coefficient (Wildman–Crippen LogP) is 0.804. The van der Waals surface area contributed by atoms with Crippen LogP contribution in [0.3, 0.4) is 0 Å². The molecular weight excluding hydrogens is 192 g/mol. The fourth-order valence-corrected chi connectivity index (χ4v) is 1.73. The average Bonchev–Trinajstić information content (AvgIpc) is 2.61. The van der Waals surface area contributed by atoms with Crippen molar-refractivity contribution in [2.75, 3.05) is 13.1 Å². The maximum absolute atomic E-state index is 12.0. The first-order valence-corrected chi connectivity index (χ1v) is 4.93. The van der Waals surface area contributed by atoms with Crippen molar-refractivity contribution in [1.82, 2.24) is 20.1 Å². The number of rotatable bonds is 1. The predicted molar refractivity (Wildman–Crippen MR) is 54.4 cm³/mol. The molecule has 0 radical (unpaired) electrons. The van der Waals surface area contributed by atoms with Gasteiger partial charge in [0.1, 0.15) is 0 Å². The molecule has 1 amide bonds. The Labute approximate surface area is 86.1 Å². The zero-order valence-corrected chi connectivity index (χ0v) is 8.10. The Morgan fingerprint density at radius 2 is 2.33 bits per heavy atom. The van der Waals surface area contributed by atoms with Gasteiger partial charge in [-0.3, -0.25) is 9.89 Å². The second-order valence-electron chi connectivity index (χ2n) is 3.64. The van der Waals surface area contributed by atoms with Crippen molar-refractivity contribution in [1.29, 1.82) is 0 Å². The first-order valence-electron chi connectivity index (χ1n) is 4.93. The molecule has 1 aliphatic heterocycles. The summed E-state index contributed by atoms with van der Waals surface area (Å²) in [5, 5.41) is 7.45. The zero-order valence-electron chi connectivity index (χ0n) is 8.10. The Morgan fingerprint density at radius 1 is 1.47 bits per heavy atom. The van der Waals surface area contributed by atoms with E-state index < -0.39 is 0 Å². The van der Waals surface area contributed by atoms with Crippen LogP contribution in [0, 0.1) is 0 Å². The van der Waals surface area contributed by atoms with Crippen LogP contribution in [0.15, 0.2) is 18.5 Å². The van der Waals surface area contributed by atoms with E-state index in [2.05, 4.69) is 15.2 Å². The van der Waals surface area contributed by atoms with Crippen LogP contribution < -0.4 is 0 Å². The Hall–Kier alpha value is -1.91. The lowest BCUT2D eigenvalue weighted by molar-refractivity contribution is 0.0654. The van der Waals surface area contributed by atoms with Gasteiger partial charge in [0.05, 0.1) is 17.1 Å². The van der Waals surface area contributed by atoms with Gasteiger partial charge in [0, 0.05) is 19.3 Å². The summed E-state index contributed by atoms with van der Waals surface area (Å²) in [6, 6.07) is 1.75. The highest BCUT2D eigenvalue weighted by Crippen LogP contribution is 2.18. The van der Waals surface area contributed by atoms with Crippen molar-refractivity contribution in [3.8, 4) is 0 Å². The number of hydrogen-bond acceptors (Lipinski definition) is 3. The zero-order chi connectivity index (χ0) is 10.3. The van der Waals surface area contributed by atoms with Gasteiger partial charge in [0.2, 0.25) is 0 Å². The number of H-pyrrole nitrogens is 1. The maximum atomic E-state index is 12.0. The van der Waals surface area contributed by atoms with Crippen molar-refractivity contribution >= 4 is 16.9 Å². The molecule has 0 aromatic carbocycles. The number of amides is 1. The van der Waals surface area contributed by atoms with Crippen LogP contribution in [0.4, 0.5) is 0 Å². The third-order valence-electron chi connectivity index (χ3n) is 2.73. The number of likely N-dealkylation sites (tertiary alicyclic amines) is 1. The fourth-order valence-electron chi connectivity index (χ4n) is 1.73. The lowest BCUT2D eigenvalue weighted by Crippen LogP contribution is -2.42. The second kappa shape index (κ2) is 3.05. The molecule has 1 saturated heterocycles. The van der Waals surface area contributed by atoms with Crippen LogP contribution in [-0.2, 0) is 0 Å². The van der Waals surface area contributed by atoms with Gasteiger partial charge in [-0.1, -0.05) is 0 Å². The van der Waals surface area contributed by atoms with Crippen LogP contribution in [0.2, 0.25) is 0 Å². The van der Waals surface area contributed by atoms with Crippen molar-refractivity contribution in [2.45, 2.75) is 6.42 Å². The summed E-state index contributed by atoms with van der Waals surface area (Å²) in [4.78, 5) is 17.9. The summed E-state index contributed by atoms with van der Waals surface area (Å²) in [5.74, 6) is 0.0788. The standard InChI is InChI=1S/C10H10N4O/c15-10(14-4-1-5-14)7-2-3-11-9-8(7)6-12-13-9/h2-3,6H,1,4-5H2,(H,11,12,13). The van der Waals surface area contributed by atoms with Gasteiger partial charge in [0.25, 0.3) is 5.91 Å². The topological polar surface area (TPSA) is 61.9 Å². The quantitative estimate of drug-likeness (QED) is 0.744. The highest BCUT2D eigenvalue weighted by atomic mass is 16.2. The molecule has 2 aromatic heterocycles. The first-order chi connectivity index (χ1) is 7.36. The van der Waals surface area contributed by atoms with E-state index in [-0.39, 0.29) is 5.91 Å². The summed E-state index contributed by atoms with van der Waals surface area (Å²) in [6.45, 7) is 1.72. The van der Waals surface area contributed by atoms with E-state index in [1.54, 1.807) is 18.5 Å². The van der Waals surface area contributed by atoms with Crippen LogP contribution in [0.5, 0.6) is 0 Å². The van der Waals surface area contributed by atoms with Gasteiger partial charge in [-0.15, -0.1) is 0 Å². The molecule has 0 aliphatic carbocycles. The van der Waals surface area contributed by atoms with Crippen molar-refractivity contribution in [3.63, 3.8) is 0 Å². The molecule has 0 saturated carbocycles. The van der Waals surface area contributed by atoms with E-state index in [4.69, 9.17) is 0 Å². The highest BCUT2D eigenvalue weighted by Gasteiger charge is 2.23. The van der Waals surface area contributed by atoms with E-state index in [1.165, 1.54) is 0 Å². The van der Waals surface area contributed by atoms with Gasteiger partial charge in [-0.2, -0.15) is 5.10 Å². The normalized spacial score (nSPS) is 15.3. The van der Waals surface area contributed by atoms with Crippen LogP contribution in [-0.4, -0.2) is 39.1 Å². The monoisotopic (exact) mass is 202 g/mol. The SMILES string of the molecule is O=C(c1ccnc2[nH]ncc12)N1CCC1. The van der Waals surface area contributed by atoms with Gasteiger partial charge in [0.15, 0.2) is 5.65 Å². The maximum Gasteiger partial charge on any atom is 0.254 e. The molecule has 76 valence electrons. The third kappa shape index (κ3) is 1.20. The van der Waals surface area contributed by atoms with Gasteiger partial charge in [-0.05, 0) is 12.5 Å². The molecule has 5 nitrogen and oxygen atoms in total. The van der Waals surface area contributed by atoms with E-state index in [0.717, 1.165) is 24.9 Å². The molecule has 1 fully saturated rings. The number of aromatic nitrogens is 3. The molecule has 0 unspecified atom stereocenters. The molecule has 1 aliphatic rings. The van der Waals surface area contributed by atoms with Gasteiger partial charge >= 0.3 is 0 Å². The molecule has 0 spiro atoms. The molecule has 3 rings (SSSR count). The summed E-state index contributed by atoms with van der Waals surface area (Å²) in [6.07, 6.45) is 4.38. The van der Waals surface area contributed by atoms with E-state index in [1.807, 2.05) is 4.90 Å². The number of pyridine rings is 1. The molecule has 5 heteroatoms. The number of carbonyl (C=O) groups is 1. The largest absolute Gasteiger partial charge is 0.338 e. The van der Waals surface area contributed by atoms with Crippen molar-refractivity contribution in [3.05, 3.63) is 24.0 Å². The van der Waals surface area contributed by atoms with Crippen molar-refractivity contribution < 1.29 is 4.79 Å². The molecule has 0 bridgehead atoms. The summed E-state index contributed by atoms with van der Waals surface area (Å²) in [7, 11) is 0. The highest BCUT2D eigenvalue weighted by molar-refractivity contribution is 6.05. The van der Waals surface area contributed by atoms with E-state index >= 15 is 0 Å². The summed E-state index contributed by atoms with van der Waals surface area (Å²) < 4.78 is 0. The van der Waals surface area contributed by atoms with Gasteiger partial charge < -0.3 is 4.90 Å². The number of nitrogens with zero attached hydrogens (tertiary/aromatic N) is 3. The minimum Gasteiger partial charge on any atom is -0.338 e. The average molecular weight is 202 g/mol. The lowest BCUT2D eigenvalue weighted by Gasteiger charge is -2.30. The Morgan fingerprint density at radius 3 is 3.07 bits per heavy atom. The van der Waals surface area contributed by atoms with Gasteiger partial charge in [-0.25, -0.2) is 4.98 Å². The fraction of sp³-hybridized carbons (Fsp3) is 0.300. The Balaban J connectivity index is 2.09. The first kappa shape index (κ1) is 8.40. The number of aromatic amines is 1. The van der Waals surface area contributed by atoms with Crippen molar-refractivity contribution in [2.24, 2.45) is 0 Å². The number of fused-ring (bicyclic) bond motifs is 1. The molecule has 3 heterocycles.